The van der Waals surface area contributed by atoms with Gasteiger partial charge in [-0.2, -0.15) is 0 Å². The predicted molar refractivity (Wildman–Crippen MR) is 161 cm³/mol. The van der Waals surface area contributed by atoms with Crippen LogP contribution >= 0.6 is 23.2 Å². The molecule has 3 aromatic carbocycles. The van der Waals surface area contributed by atoms with Crippen LogP contribution in [0.3, 0.4) is 0 Å². The van der Waals surface area contributed by atoms with E-state index in [0.717, 1.165) is 11.1 Å². The summed E-state index contributed by atoms with van der Waals surface area (Å²) >= 11 is 12.6. The van der Waals surface area contributed by atoms with Gasteiger partial charge in [-0.1, -0.05) is 59.6 Å². The van der Waals surface area contributed by atoms with Crippen LogP contribution in [-0.4, -0.2) is 67.6 Å². The van der Waals surface area contributed by atoms with Gasteiger partial charge < -0.3 is 25.0 Å². The van der Waals surface area contributed by atoms with Crippen LogP contribution in [0.15, 0.2) is 72.8 Å². The third kappa shape index (κ3) is 5.90. The number of halogens is 2. The topological polar surface area (TPSA) is 102 Å². The first-order valence-electron chi connectivity index (χ1n) is 13.8. The highest BCUT2D eigenvalue weighted by Crippen LogP contribution is 2.40. The van der Waals surface area contributed by atoms with Crippen LogP contribution in [0, 0.1) is 0 Å². The third-order valence-corrected chi connectivity index (χ3v) is 9.31. The number of nitrogens with zero attached hydrogens (tertiary/aromatic N) is 2. The second-order valence-electron chi connectivity index (χ2n) is 10.9. The molecule has 0 bridgehead atoms. The minimum absolute atomic E-state index is 0.0939. The fourth-order valence-corrected chi connectivity index (χ4v) is 6.26. The average Bonchev–Trinajstić information content (AvgIpc) is 3.47. The fourth-order valence-electron chi connectivity index (χ4n) is 5.96. The Balaban J connectivity index is 1.32. The molecule has 0 radical (unpaired) electrons. The number of likely N-dealkylation sites (tertiary alicyclic amines) is 1. The summed E-state index contributed by atoms with van der Waals surface area (Å²) in [4.78, 5) is 41.8. The number of primary amides is 1. The minimum atomic E-state index is -0.812. The summed E-state index contributed by atoms with van der Waals surface area (Å²) in [5.74, 6) is -0.972. The van der Waals surface area contributed by atoms with Crippen LogP contribution in [-0.2, 0) is 25.3 Å². The number of hydrogen-bond acceptors (Lipinski definition) is 6. The Morgan fingerprint density at radius 3 is 2.19 bits per heavy atom. The smallest absolute Gasteiger partial charge is 0.337 e. The molecule has 2 heterocycles. The van der Waals surface area contributed by atoms with Gasteiger partial charge in [-0.25, -0.2) is 4.79 Å². The van der Waals surface area contributed by atoms with Crippen LogP contribution in [0.5, 0.6) is 0 Å². The molecule has 3 aromatic rings. The summed E-state index contributed by atoms with van der Waals surface area (Å²) in [6, 6.07) is 21.5. The average molecular weight is 611 g/mol. The molecule has 2 N–H and O–H groups in total. The lowest BCUT2D eigenvalue weighted by molar-refractivity contribution is -0.125. The van der Waals surface area contributed by atoms with E-state index < -0.39 is 17.0 Å². The molecule has 0 aromatic heterocycles. The van der Waals surface area contributed by atoms with E-state index in [1.54, 1.807) is 41.3 Å². The van der Waals surface area contributed by atoms with Crippen molar-refractivity contribution in [1.82, 2.24) is 9.80 Å². The van der Waals surface area contributed by atoms with Crippen LogP contribution in [0.4, 0.5) is 0 Å². The van der Waals surface area contributed by atoms with Crippen molar-refractivity contribution in [3.8, 4) is 0 Å². The molecule has 42 heavy (non-hydrogen) atoms. The number of carbonyl (C=O) groups excluding carboxylic acids is 3. The first-order valence-corrected chi connectivity index (χ1v) is 14.6. The number of amides is 2. The second kappa shape index (κ2) is 12.4. The Kier molecular flexibility index (Phi) is 8.89. The lowest BCUT2D eigenvalue weighted by Gasteiger charge is -2.41. The van der Waals surface area contributed by atoms with Crippen LogP contribution in [0.2, 0.25) is 10.0 Å². The highest BCUT2D eigenvalue weighted by atomic mass is 35.5. The van der Waals surface area contributed by atoms with E-state index in [1.165, 1.54) is 7.11 Å². The zero-order chi connectivity index (χ0) is 29.9. The van der Waals surface area contributed by atoms with Crippen molar-refractivity contribution in [3.05, 3.63) is 105 Å². The molecular formula is C32H33Cl2N3O5. The van der Waals surface area contributed by atoms with Crippen molar-refractivity contribution in [3.63, 3.8) is 0 Å². The maximum atomic E-state index is 13.4. The van der Waals surface area contributed by atoms with Crippen molar-refractivity contribution in [2.24, 2.45) is 5.73 Å². The van der Waals surface area contributed by atoms with Gasteiger partial charge in [0.15, 0.2) is 0 Å². The molecule has 0 unspecified atom stereocenters. The number of piperidine rings is 1. The van der Waals surface area contributed by atoms with E-state index >= 15 is 0 Å². The molecule has 2 saturated heterocycles. The van der Waals surface area contributed by atoms with Crippen molar-refractivity contribution in [2.75, 3.05) is 40.0 Å². The predicted octanol–water partition coefficient (Wildman–Crippen LogP) is 5.01. The number of nitrogens with two attached hydrogens (primary N) is 1. The molecule has 8 nitrogen and oxygen atoms in total. The number of esters is 1. The lowest BCUT2D eigenvalue weighted by atomic mass is 9.72. The molecule has 220 valence electrons. The number of rotatable bonds is 8. The van der Waals surface area contributed by atoms with Gasteiger partial charge in [0.05, 0.1) is 34.7 Å². The van der Waals surface area contributed by atoms with Gasteiger partial charge in [0.25, 0.3) is 5.91 Å². The standard InChI is InChI=1S/C32H33Cl2N3O5/c1-41-29(39)23-9-7-22(8-10-23)28(38)37-20-32(42-21-37,25-11-12-26(33)27(34)19-25)15-18-36-16-13-31(14-17-36,30(35)40)24-5-3-2-4-6-24/h2-12,19H,13-18,20-21H2,1H3,(H2,35,40)/t32-/m0/s1. The third-order valence-electron chi connectivity index (χ3n) is 8.57. The second-order valence-corrected chi connectivity index (χ2v) is 11.7. The molecule has 2 fully saturated rings. The Bertz CT molecular complexity index is 1460. The highest BCUT2D eigenvalue weighted by molar-refractivity contribution is 6.42. The monoisotopic (exact) mass is 609 g/mol. The van der Waals surface area contributed by atoms with Crippen molar-refractivity contribution < 1.29 is 23.9 Å². The summed E-state index contributed by atoms with van der Waals surface area (Å²) in [6.07, 6.45) is 1.84. The highest BCUT2D eigenvalue weighted by Gasteiger charge is 2.45. The molecule has 1 atom stereocenters. The summed E-state index contributed by atoms with van der Waals surface area (Å²) in [6.45, 7) is 2.48. The lowest BCUT2D eigenvalue weighted by Crippen LogP contribution is -2.50. The molecule has 0 saturated carbocycles. The molecule has 2 amide bonds. The van der Waals surface area contributed by atoms with Crippen molar-refractivity contribution in [1.29, 1.82) is 0 Å². The zero-order valence-electron chi connectivity index (χ0n) is 23.4. The van der Waals surface area contributed by atoms with E-state index in [-0.39, 0.29) is 18.5 Å². The first kappa shape index (κ1) is 30.0. The quantitative estimate of drug-likeness (QED) is 0.360. The molecular weight excluding hydrogens is 577 g/mol. The summed E-state index contributed by atoms with van der Waals surface area (Å²) in [5, 5.41) is 0.847. The van der Waals surface area contributed by atoms with Gasteiger partial charge >= 0.3 is 5.97 Å². The Labute approximate surface area is 255 Å². The van der Waals surface area contributed by atoms with E-state index in [0.29, 0.717) is 66.6 Å². The van der Waals surface area contributed by atoms with Crippen molar-refractivity contribution >= 4 is 41.0 Å². The zero-order valence-corrected chi connectivity index (χ0v) is 24.9. The Hall–Kier alpha value is -3.43. The number of benzene rings is 3. The molecule has 10 heteroatoms. The molecule has 0 spiro atoms. The van der Waals surface area contributed by atoms with Crippen molar-refractivity contribution in [2.45, 2.75) is 30.3 Å². The summed E-state index contributed by atoms with van der Waals surface area (Å²) in [7, 11) is 1.31. The largest absolute Gasteiger partial charge is 0.465 e. The SMILES string of the molecule is COC(=O)c1ccc(C(=O)N2CO[C@](CCN3CCC(C(N)=O)(c4ccccc4)CC3)(c3ccc(Cl)c(Cl)c3)C2)cc1. The molecule has 2 aliphatic heterocycles. The van der Waals surface area contributed by atoms with Gasteiger partial charge in [-0.15, -0.1) is 0 Å². The molecule has 0 aliphatic carbocycles. The number of hydrogen-bond donors (Lipinski definition) is 1. The van der Waals surface area contributed by atoms with E-state index in [2.05, 4.69) is 4.90 Å². The molecule has 2 aliphatic rings. The van der Waals surface area contributed by atoms with E-state index in [4.69, 9.17) is 38.4 Å². The maximum absolute atomic E-state index is 13.4. The fraction of sp³-hybridized carbons (Fsp3) is 0.344. The number of carbonyl (C=O) groups is 3. The van der Waals surface area contributed by atoms with Gasteiger partial charge in [0, 0.05) is 12.1 Å². The number of methoxy groups -OCH3 is 1. The normalized spacial score (nSPS) is 20.3. The van der Waals surface area contributed by atoms with Crippen LogP contribution < -0.4 is 5.73 Å². The van der Waals surface area contributed by atoms with Crippen LogP contribution in [0.25, 0.3) is 0 Å². The minimum Gasteiger partial charge on any atom is -0.465 e. The van der Waals surface area contributed by atoms with Gasteiger partial charge in [0.1, 0.15) is 12.3 Å². The van der Waals surface area contributed by atoms with Crippen LogP contribution in [0.1, 0.15) is 51.1 Å². The summed E-state index contributed by atoms with van der Waals surface area (Å²) < 4.78 is 11.2. The first-order chi connectivity index (χ1) is 20.2. The number of ether oxygens (including phenoxy) is 2. The Morgan fingerprint density at radius 2 is 1.57 bits per heavy atom. The molecule has 5 rings (SSSR count). The van der Waals surface area contributed by atoms with E-state index in [9.17, 15) is 14.4 Å². The van der Waals surface area contributed by atoms with Gasteiger partial charge in [-0.3, -0.25) is 9.59 Å². The van der Waals surface area contributed by atoms with Gasteiger partial charge in [-0.05, 0) is 79.9 Å². The van der Waals surface area contributed by atoms with E-state index in [1.807, 2.05) is 36.4 Å². The summed E-state index contributed by atoms with van der Waals surface area (Å²) in [5.41, 5.74) is 7.04. The van der Waals surface area contributed by atoms with Gasteiger partial charge in [0.2, 0.25) is 5.91 Å². The maximum Gasteiger partial charge on any atom is 0.337 e. The Morgan fingerprint density at radius 1 is 0.905 bits per heavy atom.